The van der Waals surface area contributed by atoms with E-state index in [0.29, 0.717) is 11.8 Å². The maximum Gasteiger partial charge on any atom is 0.303 e. The Hall–Kier alpha value is -2.63. The summed E-state index contributed by atoms with van der Waals surface area (Å²) in [6.45, 7) is 3.23. The number of pyridine rings is 1. The molecule has 6 heteroatoms. The fourth-order valence-corrected chi connectivity index (χ4v) is 5.90. The van der Waals surface area contributed by atoms with E-state index in [9.17, 15) is 9.90 Å². The number of carbonyl (C=O) groups is 1. The number of benzene rings is 2. The van der Waals surface area contributed by atoms with Gasteiger partial charge in [-0.3, -0.25) is 9.78 Å². The number of unbranched alkanes of at least 4 members (excludes halogenated alkanes) is 1. The summed E-state index contributed by atoms with van der Waals surface area (Å²) in [6, 6.07) is 16.3. The number of likely N-dealkylation sites (tertiary alicyclic amines) is 1. The molecule has 0 radical (unpaired) electrons. The van der Waals surface area contributed by atoms with E-state index >= 15 is 0 Å². The quantitative estimate of drug-likeness (QED) is 0.244. The third-order valence-electron chi connectivity index (χ3n) is 7.87. The van der Waals surface area contributed by atoms with Gasteiger partial charge in [0.2, 0.25) is 0 Å². The zero-order valence-electron chi connectivity index (χ0n) is 21.9. The lowest BCUT2D eigenvalue weighted by Gasteiger charge is -2.39. The van der Waals surface area contributed by atoms with E-state index in [1.54, 1.807) is 7.11 Å². The van der Waals surface area contributed by atoms with Gasteiger partial charge in [0.05, 0.1) is 12.6 Å². The lowest BCUT2D eigenvalue weighted by Crippen LogP contribution is -2.41. The lowest BCUT2D eigenvalue weighted by molar-refractivity contribution is -0.137. The van der Waals surface area contributed by atoms with E-state index < -0.39 is 5.97 Å². The number of aryl methyl sites for hydroxylation is 2. The molecule has 2 atom stereocenters. The fourth-order valence-electron chi connectivity index (χ4n) is 5.77. The molecule has 1 aromatic heterocycles. The number of ether oxygens (including phenoxy) is 1. The zero-order valence-corrected chi connectivity index (χ0v) is 22.6. The van der Waals surface area contributed by atoms with Gasteiger partial charge in [0.1, 0.15) is 5.75 Å². The van der Waals surface area contributed by atoms with Crippen LogP contribution in [0.3, 0.4) is 0 Å². The van der Waals surface area contributed by atoms with E-state index in [-0.39, 0.29) is 6.42 Å². The first-order chi connectivity index (χ1) is 18.0. The summed E-state index contributed by atoms with van der Waals surface area (Å²) in [5.41, 5.74) is 3.65. The average molecular weight is 523 g/mol. The molecule has 1 N–H and O–H groups in total. The standard InChI is InChI=1S/C31H39ClN2O3/c1-37-28-13-14-30-29(21-28)25(16-18-33-30)7-4-6-24-17-20-34(22-26(24)10-15-31(35)36)19-3-2-5-23-8-11-27(32)12-9-23/h8-9,11-14,16,18,21,24,26H,2-7,10,15,17,19-20,22H2,1H3,(H,35,36)/t24-,26+/m1/s1. The van der Waals surface area contributed by atoms with Gasteiger partial charge in [-0.05, 0) is 124 Å². The smallest absolute Gasteiger partial charge is 0.303 e. The van der Waals surface area contributed by atoms with Crippen molar-refractivity contribution >= 4 is 28.5 Å². The third kappa shape index (κ3) is 8.18. The summed E-state index contributed by atoms with van der Waals surface area (Å²) in [7, 11) is 1.69. The second-order valence-electron chi connectivity index (χ2n) is 10.4. The molecule has 0 spiro atoms. The number of carboxylic acid groups (broad SMARTS) is 1. The number of piperidine rings is 1. The van der Waals surface area contributed by atoms with Gasteiger partial charge >= 0.3 is 5.97 Å². The van der Waals surface area contributed by atoms with Crippen LogP contribution < -0.4 is 4.74 Å². The van der Waals surface area contributed by atoms with Gasteiger partial charge < -0.3 is 14.7 Å². The molecule has 2 aromatic carbocycles. The van der Waals surface area contributed by atoms with Crippen molar-refractivity contribution in [3.05, 3.63) is 70.9 Å². The maximum atomic E-state index is 11.3. The van der Waals surface area contributed by atoms with Crippen LogP contribution in [0, 0.1) is 11.8 Å². The molecular formula is C31H39ClN2O3. The van der Waals surface area contributed by atoms with Crippen LogP contribution in [0.25, 0.3) is 10.9 Å². The summed E-state index contributed by atoms with van der Waals surface area (Å²) >= 11 is 5.99. The summed E-state index contributed by atoms with van der Waals surface area (Å²) in [4.78, 5) is 18.4. The Morgan fingerprint density at radius 3 is 2.68 bits per heavy atom. The number of nitrogens with zero attached hydrogens (tertiary/aromatic N) is 2. The van der Waals surface area contributed by atoms with Crippen LogP contribution in [0.1, 0.15) is 56.1 Å². The Kier molecular flexibility index (Phi) is 10.2. The van der Waals surface area contributed by atoms with Crippen molar-refractivity contribution in [3.63, 3.8) is 0 Å². The highest BCUT2D eigenvalue weighted by molar-refractivity contribution is 6.30. The summed E-state index contributed by atoms with van der Waals surface area (Å²) < 4.78 is 5.42. The van der Waals surface area contributed by atoms with Crippen molar-refractivity contribution in [2.24, 2.45) is 11.8 Å². The molecule has 5 nitrogen and oxygen atoms in total. The average Bonchev–Trinajstić information content (AvgIpc) is 2.91. The van der Waals surface area contributed by atoms with Crippen molar-refractivity contribution < 1.29 is 14.6 Å². The monoisotopic (exact) mass is 522 g/mol. The van der Waals surface area contributed by atoms with E-state index in [1.807, 2.05) is 30.5 Å². The maximum absolute atomic E-state index is 11.3. The Morgan fingerprint density at radius 1 is 1.05 bits per heavy atom. The molecule has 1 saturated heterocycles. The Balaban J connectivity index is 1.28. The van der Waals surface area contributed by atoms with E-state index in [4.69, 9.17) is 16.3 Å². The van der Waals surface area contributed by atoms with Gasteiger partial charge in [-0.15, -0.1) is 0 Å². The van der Waals surface area contributed by atoms with E-state index in [1.165, 1.54) is 11.1 Å². The van der Waals surface area contributed by atoms with Crippen molar-refractivity contribution in [1.82, 2.24) is 9.88 Å². The van der Waals surface area contributed by atoms with Gasteiger partial charge in [-0.1, -0.05) is 23.7 Å². The topological polar surface area (TPSA) is 62.7 Å². The molecule has 0 aliphatic carbocycles. The van der Waals surface area contributed by atoms with Gasteiger partial charge in [0.15, 0.2) is 0 Å². The second-order valence-corrected chi connectivity index (χ2v) is 10.8. The molecule has 2 heterocycles. The predicted molar refractivity (Wildman–Crippen MR) is 151 cm³/mol. The highest BCUT2D eigenvalue weighted by Gasteiger charge is 2.29. The number of fused-ring (bicyclic) bond motifs is 1. The zero-order chi connectivity index (χ0) is 26.0. The largest absolute Gasteiger partial charge is 0.497 e. The van der Waals surface area contributed by atoms with Crippen LogP contribution in [0.2, 0.25) is 5.02 Å². The third-order valence-corrected chi connectivity index (χ3v) is 8.12. The van der Waals surface area contributed by atoms with Gasteiger partial charge in [-0.25, -0.2) is 0 Å². The van der Waals surface area contributed by atoms with Crippen LogP contribution in [0.15, 0.2) is 54.7 Å². The number of methoxy groups -OCH3 is 1. The van der Waals surface area contributed by atoms with Gasteiger partial charge in [0, 0.05) is 29.6 Å². The number of carboxylic acids is 1. The number of aromatic nitrogens is 1. The van der Waals surface area contributed by atoms with Gasteiger partial charge in [-0.2, -0.15) is 0 Å². The molecule has 1 fully saturated rings. The molecule has 1 aliphatic rings. The SMILES string of the molecule is COc1ccc2nccc(CCC[C@@H]3CCN(CCCCc4ccc(Cl)cc4)C[C@@H]3CCC(=O)O)c2c1. The highest BCUT2D eigenvalue weighted by Crippen LogP contribution is 2.32. The van der Waals surface area contributed by atoms with Crippen molar-refractivity contribution in [3.8, 4) is 5.75 Å². The second kappa shape index (κ2) is 13.8. The van der Waals surface area contributed by atoms with Crippen molar-refractivity contribution in [2.75, 3.05) is 26.7 Å². The molecule has 4 rings (SSSR count). The molecule has 0 amide bonds. The number of halogens is 1. The minimum absolute atomic E-state index is 0.264. The molecule has 0 unspecified atom stereocenters. The summed E-state index contributed by atoms with van der Waals surface area (Å²) in [5, 5.41) is 11.3. The Labute approximate surface area is 225 Å². The minimum atomic E-state index is -0.684. The molecule has 0 saturated carbocycles. The number of rotatable bonds is 13. The molecule has 198 valence electrons. The first-order valence-electron chi connectivity index (χ1n) is 13.6. The van der Waals surface area contributed by atoms with E-state index in [0.717, 1.165) is 92.7 Å². The van der Waals surface area contributed by atoms with Gasteiger partial charge in [0.25, 0.3) is 0 Å². The van der Waals surface area contributed by atoms with E-state index in [2.05, 4.69) is 34.1 Å². The van der Waals surface area contributed by atoms with Crippen LogP contribution in [0.4, 0.5) is 0 Å². The first-order valence-corrected chi connectivity index (χ1v) is 14.0. The molecule has 0 bridgehead atoms. The van der Waals surface area contributed by atoms with Crippen molar-refractivity contribution in [2.45, 2.75) is 57.8 Å². The normalized spacial score (nSPS) is 18.2. The summed E-state index contributed by atoms with van der Waals surface area (Å²) in [5.74, 6) is 1.22. The Morgan fingerprint density at radius 2 is 1.89 bits per heavy atom. The molecule has 37 heavy (non-hydrogen) atoms. The minimum Gasteiger partial charge on any atom is -0.497 e. The van der Waals surface area contributed by atoms with Crippen LogP contribution in [-0.2, 0) is 17.6 Å². The Bertz CT molecular complexity index is 1150. The van der Waals surface area contributed by atoms with Crippen LogP contribution in [0.5, 0.6) is 5.75 Å². The highest BCUT2D eigenvalue weighted by atomic mass is 35.5. The van der Waals surface area contributed by atoms with Crippen LogP contribution in [-0.4, -0.2) is 47.7 Å². The summed E-state index contributed by atoms with van der Waals surface area (Å²) in [6.07, 6.45) is 10.7. The van der Waals surface area contributed by atoms with Crippen LogP contribution >= 0.6 is 11.6 Å². The fraction of sp³-hybridized carbons (Fsp3) is 0.484. The first kappa shape index (κ1) is 27.4. The van der Waals surface area contributed by atoms with Crippen molar-refractivity contribution in [1.29, 1.82) is 0 Å². The number of hydrogen-bond donors (Lipinski definition) is 1. The molecule has 1 aliphatic heterocycles. The lowest BCUT2D eigenvalue weighted by atomic mass is 9.79. The predicted octanol–water partition coefficient (Wildman–Crippen LogP) is 7.05. The molecular weight excluding hydrogens is 484 g/mol. The molecule has 3 aromatic rings. The number of aliphatic carboxylic acids is 1. The number of hydrogen-bond acceptors (Lipinski definition) is 4.